The number of nitrogens with zero attached hydrogens (tertiary/aromatic N) is 7. The topological polar surface area (TPSA) is 102 Å². The van der Waals surface area contributed by atoms with Gasteiger partial charge in [-0.25, -0.2) is 9.97 Å². The summed E-state index contributed by atoms with van der Waals surface area (Å²) in [6.07, 6.45) is 2.37. The van der Waals surface area contributed by atoms with Gasteiger partial charge in [-0.1, -0.05) is 0 Å². The average molecular weight is 353 g/mol. The third-order valence-corrected chi connectivity index (χ3v) is 4.52. The molecule has 0 spiro atoms. The quantitative estimate of drug-likeness (QED) is 0.734. The number of hydrogen-bond donors (Lipinski definition) is 1. The van der Waals surface area contributed by atoms with Gasteiger partial charge < -0.3 is 10.0 Å². The highest BCUT2D eigenvalue weighted by molar-refractivity contribution is 5.92. The first-order chi connectivity index (χ1) is 12.5. The number of aryl methyl sites for hydroxylation is 2. The van der Waals surface area contributed by atoms with Crippen LogP contribution in [0.3, 0.4) is 0 Å². The number of aromatic nitrogens is 6. The molecule has 1 N–H and O–H groups in total. The van der Waals surface area contributed by atoms with Gasteiger partial charge in [-0.2, -0.15) is 10.2 Å². The molecule has 0 saturated heterocycles. The molecule has 4 rings (SSSR count). The average Bonchev–Trinajstić information content (AvgIpc) is 3.25. The van der Waals surface area contributed by atoms with Gasteiger partial charge in [-0.05, 0) is 25.1 Å². The van der Waals surface area contributed by atoms with Gasteiger partial charge >= 0.3 is 0 Å². The highest BCUT2D eigenvalue weighted by Crippen LogP contribution is 2.23. The Morgan fingerprint density at radius 2 is 2.12 bits per heavy atom. The van der Waals surface area contributed by atoms with Crippen LogP contribution in [-0.4, -0.2) is 52.0 Å². The molecule has 1 atom stereocenters. The zero-order chi connectivity index (χ0) is 18.3. The second-order valence-corrected chi connectivity index (χ2v) is 6.28. The van der Waals surface area contributed by atoms with Crippen molar-refractivity contribution in [3.63, 3.8) is 0 Å². The molecular formula is C17H19N7O2. The lowest BCUT2D eigenvalue weighted by atomic mass is 10.1. The van der Waals surface area contributed by atoms with Gasteiger partial charge in [0.05, 0.1) is 30.2 Å². The fraction of sp³-hybridized carbons (Fsp3) is 0.353. The van der Waals surface area contributed by atoms with Crippen molar-refractivity contribution in [2.24, 2.45) is 7.05 Å². The summed E-state index contributed by atoms with van der Waals surface area (Å²) in [5.41, 5.74) is 2.49. The van der Waals surface area contributed by atoms with Crippen molar-refractivity contribution in [2.45, 2.75) is 26.1 Å². The van der Waals surface area contributed by atoms with Crippen LogP contribution in [0.15, 0.2) is 30.6 Å². The predicted molar refractivity (Wildman–Crippen MR) is 91.0 cm³/mol. The lowest BCUT2D eigenvalue weighted by Crippen LogP contribution is -2.38. The highest BCUT2D eigenvalue weighted by atomic mass is 16.3. The maximum Gasteiger partial charge on any atom is 0.273 e. The molecule has 3 aromatic rings. The normalized spacial score (nSPS) is 15.0. The molecule has 0 fully saturated rings. The summed E-state index contributed by atoms with van der Waals surface area (Å²) >= 11 is 0. The number of hydrogen-bond acceptors (Lipinski definition) is 6. The monoisotopic (exact) mass is 353 g/mol. The summed E-state index contributed by atoms with van der Waals surface area (Å²) in [6, 6.07) is 5.22. The fourth-order valence-electron chi connectivity index (χ4n) is 3.14. The first kappa shape index (κ1) is 16.4. The zero-order valence-electron chi connectivity index (χ0n) is 14.6. The van der Waals surface area contributed by atoms with Gasteiger partial charge in [0.1, 0.15) is 17.6 Å². The van der Waals surface area contributed by atoms with E-state index in [1.165, 1.54) is 0 Å². The molecule has 0 radical (unpaired) electrons. The van der Waals surface area contributed by atoms with Crippen molar-refractivity contribution in [1.82, 2.24) is 34.4 Å². The number of amides is 1. The molecule has 1 amide bonds. The van der Waals surface area contributed by atoms with Crippen molar-refractivity contribution in [3.8, 4) is 0 Å². The molecule has 26 heavy (non-hydrogen) atoms. The van der Waals surface area contributed by atoms with Crippen molar-refractivity contribution in [1.29, 1.82) is 0 Å². The van der Waals surface area contributed by atoms with E-state index in [1.807, 2.05) is 10.7 Å². The van der Waals surface area contributed by atoms with Crippen LogP contribution in [0.2, 0.25) is 0 Å². The molecular weight excluding hydrogens is 334 g/mol. The van der Waals surface area contributed by atoms with Gasteiger partial charge in [-0.3, -0.25) is 14.2 Å². The Morgan fingerprint density at radius 3 is 2.85 bits per heavy atom. The van der Waals surface area contributed by atoms with Crippen molar-refractivity contribution in [3.05, 3.63) is 59.2 Å². The Bertz CT molecular complexity index is 962. The van der Waals surface area contributed by atoms with Gasteiger partial charge in [-0.15, -0.1) is 0 Å². The molecule has 3 aromatic heterocycles. The molecule has 9 nitrogen and oxygen atoms in total. The molecule has 0 unspecified atom stereocenters. The first-order valence-electron chi connectivity index (χ1n) is 8.34. The summed E-state index contributed by atoms with van der Waals surface area (Å²) in [6.45, 7) is 3.29. The number of fused-ring (bicyclic) bond motifs is 1. The van der Waals surface area contributed by atoms with E-state index in [9.17, 15) is 9.90 Å². The Balaban J connectivity index is 1.55. The molecule has 0 aliphatic carbocycles. The third-order valence-electron chi connectivity index (χ3n) is 4.52. The summed E-state index contributed by atoms with van der Waals surface area (Å²) < 4.78 is 3.46. The summed E-state index contributed by atoms with van der Waals surface area (Å²) in [7, 11) is 1.78. The van der Waals surface area contributed by atoms with Crippen LogP contribution in [0.5, 0.6) is 0 Å². The first-order valence-corrected chi connectivity index (χ1v) is 8.34. The van der Waals surface area contributed by atoms with E-state index < -0.39 is 6.10 Å². The zero-order valence-corrected chi connectivity index (χ0v) is 14.6. The minimum absolute atomic E-state index is 0.128. The van der Waals surface area contributed by atoms with E-state index in [0.29, 0.717) is 42.5 Å². The van der Waals surface area contributed by atoms with E-state index in [2.05, 4.69) is 20.2 Å². The van der Waals surface area contributed by atoms with Crippen LogP contribution in [-0.2, 0) is 20.1 Å². The molecule has 4 heterocycles. The van der Waals surface area contributed by atoms with Gasteiger partial charge in [0.25, 0.3) is 5.91 Å². The molecule has 0 bridgehead atoms. The minimum atomic E-state index is -0.853. The number of carbonyl (C=O) groups is 1. The molecule has 134 valence electrons. The summed E-state index contributed by atoms with van der Waals surface area (Å²) in [4.78, 5) is 22.6. The standard InChI is InChI=1S/C17H19N7O2/c1-11-18-5-3-13(20-11)17(26)23-7-8-24-12(10-23)9-14(21-24)16(25)15-4-6-19-22(15)2/h3-6,9,16,25H,7-8,10H2,1-2H3/t16-/m0/s1. The van der Waals surface area contributed by atoms with Crippen molar-refractivity contribution < 1.29 is 9.90 Å². The number of rotatable bonds is 3. The second-order valence-electron chi connectivity index (χ2n) is 6.28. The van der Waals surface area contributed by atoms with Crippen LogP contribution in [0, 0.1) is 6.92 Å². The lowest BCUT2D eigenvalue weighted by Gasteiger charge is -2.27. The Morgan fingerprint density at radius 1 is 1.27 bits per heavy atom. The van der Waals surface area contributed by atoms with Crippen LogP contribution in [0.25, 0.3) is 0 Å². The summed E-state index contributed by atoms with van der Waals surface area (Å²) in [5.74, 6) is 0.441. The van der Waals surface area contributed by atoms with Crippen molar-refractivity contribution in [2.75, 3.05) is 6.54 Å². The molecule has 0 saturated carbocycles. The highest BCUT2D eigenvalue weighted by Gasteiger charge is 2.26. The molecule has 9 heteroatoms. The van der Waals surface area contributed by atoms with Crippen molar-refractivity contribution >= 4 is 5.91 Å². The fourth-order valence-corrected chi connectivity index (χ4v) is 3.14. The second kappa shape index (κ2) is 6.34. The van der Waals surface area contributed by atoms with Crippen LogP contribution >= 0.6 is 0 Å². The smallest absolute Gasteiger partial charge is 0.273 e. The number of aliphatic hydroxyl groups excluding tert-OH is 1. The van der Waals surface area contributed by atoms with Gasteiger partial charge in [0, 0.05) is 26.0 Å². The SMILES string of the molecule is Cc1nccc(C(=O)N2CCn3nc([C@H](O)c4ccnn4C)cc3C2)n1. The largest absolute Gasteiger partial charge is 0.380 e. The van der Waals surface area contributed by atoms with E-state index in [4.69, 9.17) is 0 Å². The van der Waals surface area contributed by atoms with Crippen LogP contribution in [0.1, 0.15) is 39.5 Å². The maximum absolute atomic E-state index is 12.7. The Labute approximate surface area is 149 Å². The molecule has 1 aliphatic heterocycles. The van der Waals surface area contributed by atoms with E-state index in [-0.39, 0.29) is 5.91 Å². The lowest BCUT2D eigenvalue weighted by molar-refractivity contribution is 0.0699. The van der Waals surface area contributed by atoms with E-state index >= 15 is 0 Å². The van der Waals surface area contributed by atoms with Crippen LogP contribution in [0.4, 0.5) is 0 Å². The van der Waals surface area contributed by atoms with Gasteiger partial charge in [0.15, 0.2) is 0 Å². The van der Waals surface area contributed by atoms with Crippen LogP contribution < -0.4 is 0 Å². The third kappa shape index (κ3) is 2.86. The van der Waals surface area contributed by atoms with E-state index in [0.717, 1.165) is 5.69 Å². The Hall–Kier alpha value is -3.07. The van der Waals surface area contributed by atoms with E-state index in [1.54, 1.807) is 48.1 Å². The number of carbonyl (C=O) groups excluding carboxylic acids is 1. The Kier molecular flexibility index (Phi) is 4.00. The number of aliphatic hydroxyl groups is 1. The predicted octanol–water partition coefficient (Wildman–Crippen LogP) is 0.453. The molecule has 0 aromatic carbocycles. The maximum atomic E-state index is 12.7. The van der Waals surface area contributed by atoms with Gasteiger partial charge in [0.2, 0.25) is 0 Å². The minimum Gasteiger partial charge on any atom is -0.380 e. The molecule has 1 aliphatic rings. The summed E-state index contributed by atoms with van der Waals surface area (Å²) in [5, 5.41) is 19.1.